The van der Waals surface area contributed by atoms with Crippen LogP contribution in [-0.4, -0.2) is 51.4 Å². The maximum atomic E-state index is 12.9. The van der Waals surface area contributed by atoms with Gasteiger partial charge in [0.1, 0.15) is 23.1 Å². The number of carbonyl (C=O) groups is 3. The molecule has 0 amide bonds. The topological polar surface area (TPSA) is 157 Å². The minimum Gasteiger partial charge on any atom is -0.507 e. The molecular weight excluding hydrogens is 416 g/mol. The molecule has 32 heavy (non-hydrogen) atoms. The molecule has 1 aliphatic rings. The van der Waals surface area contributed by atoms with E-state index in [1.807, 2.05) is 0 Å². The van der Waals surface area contributed by atoms with Gasteiger partial charge in [-0.1, -0.05) is 0 Å². The summed E-state index contributed by atoms with van der Waals surface area (Å²) in [7, 11) is 0. The van der Waals surface area contributed by atoms with Crippen LogP contribution in [-0.2, 0) is 16.0 Å². The fourth-order valence-corrected chi connectivity index (χ4v) is 4.68. The van der Waals surface area contributed by atoms with E-state index in [4.69, 9.17) is 4.42 Å². The Bertz CT molecular complexity index is 958. The molecule has 0 aliphatic heterocycles. The summed E-state index contributed by atoms with van der Waals surface area (Å²) in [5.41, 5.74) is 1.74. The normalized spacial score (nSPS) is 17.2. The first-order valence-electron chi connectivity index (χ1n) is 10.5. The Labute approximate surface area is 189 Å². The van der Waals surface area contributed by atoms with E-state index in [2.05, 4.69) is 0 Å². The Kier molecular flexibility index (Phi) is 8.89. The molecule has 0 bridgehead atoms. The van der Waals surface area contributed by atoms with E-state index in [-0.39, 0.29) is 69.1 Å². The first-order chi connectivity index (χ1) is 14.8. The maximum Gasteiger partial charge on any atom is 0.167 e. The first-order valence-corrected chi connectivity index (χ1v) is 10.5. The standard InChI is InChI=1S/C24H28O7.H2O.2H2/c1-14(27)9-21(29)19(13-26)16(6-7-25)10-15-11-18-17(23-3-2-8-31-23)4-5-20(28)24(18)22(30)12-15;;;/h2-5,8,15-16,19,25-26,28H,6-7,9-13H2,1H3;1H2;2*1H. The summed E-state index contributed by atoms with van der Waals surface area (Å²) in [6.45, 7) is 0.753. The van der Waals surface area contributed by atoms with Gasteiger partial charge in [-0.2, -0.15) is 0 Å². The van der Waals surface area contributed by atoms with Crippen LogP contribution in [0.4, 0.5) is 0 Å². The molecule has 0 fully saturated rings. The van der Waals surface area contributed by atoms with Gasteiger partial charge in [0.05, 0.1) is 24.9 Å². The number of phenolic OH excluding ortho intramolecular Hbond substituents is 1. The number of benzene rings is 1. The number of phenols is 1. The van der Waals surface area contributed by atoms with Gasteiger partial charge in [-0.15, -0.1) is 0 Å². The van der Waals surface area contributed by atoms with Crippen molar-refractivity contribution in [3.05, 3.63) is 41.7 Å². The number of carbonyl (C=O) groups excluding carboxylic acids is 3. The molecule has 3 unspecified atom stereocenters. The van der Waals surface area contributed by atoms with Gasteiger partial charge in [0, 0.05) is 27.4 Å². The van der Waals surface area contributed by atoms with Gasteiger partial charge < -0.3 is 25.2 Å². The van der Waals surface area contributed by atoms with Gasteiger partial charge in [0.2, 0.25) is 0 Å². The fourth-order valence-electron chi connectivity index (χ4n) is 4.68. The van der Waals surface area contributed by atoms with Crippen molar-refractivity contribution in [2.24, 2.45) is 17.8 Å². The lowest BCUT2D eigenvalue weighted by atomic mass is 9.72. The molecule has 0 spiro atoms. The van der Waals surface area contributed by atoms with Crippen molar-refractivity contribution in [1.29, 1.82) is 0 Å². The molecule has 1 aliphatic carbocycles. The predicted octanol–water partition coefficient (Wildman–Crippen LogP) is 2.61. The molecule has 178 valence electrons. The van der Waals surface area contributed by atoms with E-state index < -0.39 is 12.5 Å². The van der Waals surface area contributed by atoms with Crippen molar-refractivity contribution >= 4 is 17.3 Å². The number of aliphatic hydroxyl groups is 2. The number of hydrogen-bond acceptors (Lipinski definition) is 7. The molecule has 8 nitrogen and oxygen atoms in total. The highest BCUT2D eigenvalue weighted by Gasteiger charge is 2.35. The number of rotatable bonds is 10. The lowest BCUT2D eigenvalue weighted by Gasteiger charge is -2.31. The van der Waals surface area contributed by atoms with E-state index in [0.29, 0.717) is 29.7 Å². The molecule has 1 aromatic heterocycles. The molecule has 0 saturated heterocycles. The molecule has 1 heterocycles. The highest BCUT2D eigenvalue weighted by Crippen LogP contribution is 2.41. The lowest BCUT2D eigenvalue weighted by molar-refractivity contribution is -0.131. The number of furan rings is 1. The van der Waals surface area contributed by atoms with E-state index in [1.165, 1.54) is 13.0 Å². The molecule has 0 saturated carbocycles. The van der Waals surface area contributed by atoms with Gasteiger partial charge >= 0.3 is 0 Å². The van der Waals surface area contributed by atoms with Gasteiger partial charge in [0.15, 0.2) is 5.78 Å². The number of aromatic hydroxyl groups is 1. The molecule has 1 aromatic carbocycles. The Hall–Kier alpha value is -2.81. The number of aliphatic hydroxyl groups excluding tert-OH is 2. The minimum absolute atomic E-state index is 0. The van der Waals surface area contributed by atoms with Gasteiger partial charge in [0.25, 0.3) is 0 Å². The maximum absolute atomic E-state index is 12.9. The molecule has 3 atom stereocenters. The summed E-state index contributed by atoms with van der Waals surface area (Å²) in [6.07, 6.45) is 2.71. The number of hydrogen-bond donors (Lipinski definition) is 3. The average Bonchev–Trinajstić information content (AvgIpc) is 3.22. The summed E-state index contributed by atoms with van der Waals surface area (Å²) < 4.78 is 5.50. The zero-order chi connectivity index (χ0) is 22.5. The zero-order valence-corrected chi connectivity index (χ0v) is 18.0. The Morgan fingerprint density at radius 2 is 1.97 bits per heavy atom. The highest BCUT2D eigenvalue weighted by molar-refractivity contribution is 6.03. The summed E-state index contributed by atoms with van der Waals surface area (Å²) in [6, 6.07) is 6.75. The van der Waals surface area contributed by atoms with Crippen molar-refractivity contribution in [2.75, 3.05) is 13.2 Å². The second-order valence-electron chi connectivity index (χ2n) is 8.30. The average molecular weight is 451 g/mol. The lowest BCUT2D eigenvalue weighted by Crippen LogP contribution is -2.32. The summed E-state index contributed by atoms with van der Waals surface area (Å²) in [5.74, 6) is -1.52. The largest absolute Gasteiger partial charge is 0.507 e. The number of fused-ring (bicyclic) bond motifs is 1. The molecule has 8 heteroatoms. The second kappa shape index (κ2) is 11.2. The minimum atomic E-state index is -0.763. The Morgan fingerprint density at radius 1 is 1.22 bits per heavy atom. The Morgan fingerprint density at radius 3 is 2.56 bits per heavy atom. The second-order valence-corrected chi connectivity index (χ2v) is 8.30. The van der Waals surface area contributed by atoms with E-state index in [0.717, 1.165) is 5.56 Å². The first kappa shape index (κ1) is 25.5. The quantitative estimate of drug-likeness (QED) is 0.470. The third kappa shape index (κ3) is 5.51. The van der Waals surface area contributed by atoms with E-state index >= 15 is 0 Å². The van der Waals surface area contributed by atoms with Crippen molar-refractivity contribution in [3.8, 4) is 17.1 Å². The van der Waals surface area contributed by atoms with Crippen LogP contribution in [0.15, 0.2) is 34.9 Å². The van der Waals surface area contributed by atoms with E-state index in [9.17, 15) is 29.7 Å². The smallest absolute Gasteiger partial charge is 0.167 e. The highest BCUT2D eigenvalue weighted by atomic mass is 16.3. The summed E-state index contributed by atoms with van der Waals surface area (Å²) >= 11 is 0. The van der Waals surface area contributed by atoms with Crippen LogP contribution >= 0.6 is 0 Å². The molecule has 2 aromatic rings. The van der Waals surface area contributed by atoms with Crippen molar-refractivity contribution in [2.45, 2.75) is 39.0 Å². The van der Waals surface area contributed by atoms with Crippen molar-refractivity contribution in [1.82, 2.24) is 0 Å². The van der Waals surface area contributed by atoms with Crippen molar-refractivity contribution < 1.29 is 42.4 Å². The molecule has 3 rings (SSSR count). The molecule has 5 N–H and O–H groups in total. The van der Waals surface area contributed by atoms with Crippen LogP contribution in [0, 0.1) is 17.8 Å². The van der Waals surface area contributed by atoms with Crippen LogP contribution in [0.5, 0.6) is 5.75 Å². The molecule has 0 radical (unpaired) electrons. The van der Waals surface area contributed by atoms with Gasteiger partial charge in [-0.3, -0.25) is 14.4 Å². The van der Waals surface area contributed by atoms with Gasteiger partial charge in [-0.25, -0.2) is 0 Å². The van der Waals surface area contributed by atoms with Crippen LogP contribution in [0.3, 0.4) is 0 Å². The van der Waals surface area contributed by atoms with Crippen LogP contribution in [0.2, 0.25) is 0 Å². The Balaban J connectivity index is 0.00000363. The SMILES string of the molecule is CC(=O)CC(=O)C(CO)C(CCO)CC1CC(=O)c2c(O)ccc(-c3ccco3)c2C1.O.[HH].[HH]. The molecular formula is C24H34O8. The van der Waals surface area contributed by atoms with Crippen molar-refractivity contribution in [3.63, 3.8) is 0 Å². The van der Waals surface area contributed by atoms with Crippen LogP contribution in [0.1, 0.15) is 51.4 Å². The monoisotopic (exact) mass is 450 g/mol. The summed E-state index contributed by atoms with van der Waals surface area (Å²) in [4.78, 5) is 36.8. The van der Waals surface area contributed by atoms with Crippen LogP contribution < -0.4 is 0 Å². The predicted molar refractivity (Wildman–Crippen MR) is 120 cm³/mol. The third-order valence-corrected chi connectivity index (χ3v) is 6.06. The summed E-state index contributed by atoms with van der Waals surface area (Å²) in [5, 5.41) is 29.6. The van der Waals surface area contributed by atoms with Gasteiger partial charge in [-0.05, 0) is 67.9 Å². The van der Waals surface area contributed by atoms with E-state index in [1.54, 1.807) is 24.5 Å². The third-order valence-electron chi connectivity index (χ3n) is 6.06. The zero-order valence-electron chi connectivity index (χ0n) is 18.0. The fraction of sp³-hybridized carbons (Fsp3) is 0.458. The number of Topliss-reactive ketones (excluding diaryl/α,β-unsaturated/α-hetero) is 3. The van der Waals surface area contributed by atoms with Crippen LogP contribution in [0.25, 0.3) is 11.3 Å². The number of ketones is 3.